The molecule has 0 aromatic rings. The SMILES string of the molecule is CCCN(C)C1(CN)CCN(C(C)C)C1. The van der Waals surface area contributed by atoms with Gasteiger partial charge in [-0.2, -0.15) is 0 Å². The first kappa shape index (κ1) is 12.9. The predicted octanol–water partition coefficient (Wildman–Crippen LogP) is 1.14. The maximum Gasteiger partial charge on any atom is 0.0467 e. The van der Waals surface area contributed by atoms with Gasteiger partial charge in [-0.1, -0.05) is 6.92 Å². The van der Waals surface area contributed by atoms with Crippen molar-refractivity contribution in [3.8, 4) is 0 Å². The molecule has 1 fully saturated rings. The Bertz CT molecular complexity index is 193. The topological polar surface area (TPSA) is 32.5 Å². The normalized spacial score (nSPS) is 28.2. The summed E-state index contributed by atoms with van der Waals surface area (Å²) in [5.41, 5.74) is 6.23. The summed E-state index contributed by atoms with van der Waals surface area (Å²) in [4.78, 5) is 5.01. The highest BCUT2D eigenvalue weighted by atomic mass is 15.3. The van der Waals surface area contributed by atoms with Gasteiger partial charge in [-0.15, -0.1) is 0 Å². The minimum absolute atomic E-state index is 0.236. The smallest absolute Gasteiger partial charge is 0.0467 e. The van der Waals surface area contributed by atoms with Crippen molar-refractivity contribution in [1.82, 2.24) is 9.80 Å². The van der Waals surface area contributed by atoms with Gasteiger partial charge >= 0.3 is 0 Å². The Kier molecular flexibility index (Phi) is 4.56. The Morgan fingerprint density at radius 1 is 1.47 bits per heavy atom. The van der Waals surface area contributed by atoms with Crippen LogP contribution in [-0.4, -0.2) is 54.6 Å². The number of nitrogens with zero attached hydrogens (tertiary/aromatic N) is 2. The van der Waals surface area contributed by atoms with E-state index < -0.39 is 0 Å². The largest absolute Gasteiger partial charge is 0.329 e. The lowest BCUT2D eigenvalue weighted by molar-refractivity contribution is 0.123. The van der Waals surface area contributed by atoms with Gasteiger partial charge in [0.1, 0.15) is 0 Å². The van der Waals surface area contributed by atoms with Crippen molar-refractivity contribution in [2.75, 3.05) is 33.2 Å². The van der Waals surface area contributed by atoms with E-state index >= 15 is 0 Å². The number of hydrogen-bond donors (Lipinski definition) is 1. The average Bonchev–Trinajstić information content (AvgIpc) is 2.63. The van der Waals surface area contributed by atoms with Crippen LogP contribution in [0.25, 0.3) is 0 Å². The summed E-state index contributed by atoms with van der Waals surface area (Å²) >= 11 is 0. The number of likely N-dealkylation sites (tertiary alicyclic amines) is 1. The molecular formula is C12H27N3. The Balaban J connectivity index is 2.63. The molecule has 0 spiro atoms. The van der Waals surface area contributed by atoms with Crippen LogP contribution in [0.2, 0.25) is 0 Å². The highest BCUT2D eigenvalue weighted by Crippen LogP contribution is 2.27. The maximum absolute atomic E-state index is 5.99. The highest BCUT2D eigenvalue weighted by Gasteiger charge is 2.40. The van der Waals surface area contributed by atoms with E-state index in [9.17, 15) is 0 Å². The zero-order chi connectivity index (χ0) is 11.5. The van der Waals surface area contributed by atoms with Gasteiger partial charge in [-0.3, -0.25) is 9.80 Å². The summed E-state index contributed by atoms with van der Waals surface area (Å²) in [6, 6.07) is 0.647. The number of nitrogens with two attached hydrogens (primary N) is 1. The van der Waals surface area contributed by atoms with Crippen LogP contribution < -0.4 is 5.73 Å². The zero-order valence-electron chi connectivity index (χ0n) is 10.8. The summed E-state index contributed by atoms with van der Waals surface area (Å²) in [6.07, 6.45) is 2.43. The first-order valence-corrected chi connectivity index (χ1v) is 6.21. The lowest BCUT2D eigenvalue weighted by Crippen LogP contribution is -2.54. The molecule has 0 saturated carbocycles. The molecule has 1 atom stereocenters. The molecular weight excluding hydrogens is 186 g/mol. The van der Waals surface area contributed by atoms with Gasteiger partial charge < -0.3 is 5.73 Å². The second-order valence-corrected chi connectivity index (χ2v) is 5.16. The van der Waals surface area contributed by atoms with Crippen molar-refractivity contribution in [2.24, 2.45) is 5.73 Å². The minimum atomic E-state index is 0.236. The summed E-state index contributed by atoms with van der Waals surface area (Å²) < 4.78 is 0. The van der Waals surface area contributed by atoms with Crippen molar-refractivity contribution in [3.63, 3.8) is 0 Å². The average molecular weight is 213 g/mol. The molecule has 0 aromatic carbocycles. The fraction of sp³-hybridized carbons (Fsp3) is 1.00. The number of hydrogen-bond acceptors (Lipinski definition) is 3. The molecule has 1 heterocycles. The number of rotatable bonds is 5. The van der Waals surface area contributed by atoms with Gasteiger partial charge in [-0.05, 0) is 40.3 Å². The van der Waals surface area contributed by atoms with Crippen LogP contribution in [0.5, 0.6) is 0 Å². The monoisotopic (exact) mass is 213 g/mol. The van der Waals surface area contributed by atoms with Crippen LogP contribution in [0.3, 0.4) is 0 Å². The summed E-state index contributed by atoms with van der Waals surface area (Å²) in [7, 11) is 2.22. The second kappa shape index (κ2) is 5.28. The van der Waals surface area contributed by atoms with E-state index in [2.05, 4.69) is 37.6 Å². The third-order valence-corrected chi connectivity index (χ3v) is 3.84. The van der Waals surface area contributed by atoms with E-state index in [-0.39, 0.29) is 5.54 Å². The van der Waals surface area contributed by atoms with Crippen LogP contribution in [0.15, 0.2) is 0 Å². The van der Waals surface area contributed by atoms with Gasteiger partial charge in [0.05, 0.1) is 0 Å². The predicted molar refractivity (Wildman–Crippen MR) is 66.0 cm³/mol. The summed E-state index contributed by atoms with van der Waals surface area (Å²) in [6.45, 7) is 11.0. The second-order valence-electron chi connectivity index (χ2n) is 5.16. The van der Waals surface area contributed by atoms with Crippen LogP contribution in [-0.2, 0) is 0 Å². The molecule has 1 rings (SSSR count). The van der Waals surface area contributed by atoms with Crippen molar-refractivity contribution in [2.45, 2.75) is 45.2 Å². The van der Waals surface area contributed by atoms with Gasteiger partial charge in [0.25, 0.3) is 0 Å². The quantitative estimate of drug-likeness (QED) is 0.743. The standard InChI is InChI=1S/C12H27N3/c1-5-7-14(4)12(9-13)6-8-15(10-12)11(2)3/h11H,5-10,13H2,1-4H3. The lowest BCUT2D eigenvalue weighted by Gasteiger charge is -2.38. The molecule has 0 aliphatic carbocycles. The fourth-order valence-electron chi connectivity index (χ4n) is 2.54. The van der Waals surface area contributed by atoms with Crippen molar-refractivity contribution >= 4 is 0 Å². The number of likely N-dealkylation sites (N-methyl/N-ethyl adjacent to an activating group) is 1. The molecule has 3 nitrogen and oxygen atoms in total. The van der Waals surface area contributed by atoms with E-state index in [0.717, 1.165) is 19.6 Å². The minimum Gasteiger partial charge on any atom is -0.329 e. The molecule has 1 aliphatic heterocycles. The molecule has 0 radical (unpaired) electrons. The van der Waals surface area contributed by atoms with E-state index in [0.29, 0.717) is 6.04 Å². The van der Waals surface area contributed by atoms with Crippen LogP contribution in [0, 0.1) is 0 Å². The molecule has 0 amide bonds. The Morgan fingerprint density at radius 3 is 2.53 bits per heavy atom. The molecule has 3 heteroatoms. The third-order valence-electron chi connectivity index (χ3n) is 3.84. The molecule has 90 valence electrons. The van der Waals surface area contributed by atoms with Crippen molar-refractivity contribution in [3.05, 3.63) is 0 Å². The Morgan fingerprint density at radius 2 is 2.13 bits per heavy atom. The van der Waals surface area contributed by atoms with Gasteiger partial charge in [0.2, 0.25) is 0 Å². The van der Waals surface area contributed by atoms with E-state index in [1.54, 1.807) is 0 Å². The first-order chi connectivity index (χ1) is 7.05. The zero-order valence-corrected chi connectivity index (χ0v) is 10.8. The van der Waals surface area contributed by atoms with Crippen molar-refractivity contribution in [1.29, 1.82) is 0 Å². The fourth-order valence-corrected chi connectivity index (χ4v) is 2.54. The van der Waals surface area contributed by atoms with Gasteiger partial charge in [-0.25, -0.2) is 0 Å². The third kappa shape index (κ3) is 2.71. The maximum atomic E-state index is 5.99. The first-order valence-electron chi connectivity index (χ1n) is 6.21. The van der Waals surface area contributed by atoms with E-state index in [1.807, 2.05) is 0 Å². The lowest BCUT2D eigenvalue weighted by atomic mass is 9.96. The molecule has 1 unspecified atom stereocenters. The van der Waals surface area contributed by atoms with Crippen LogP contribution >= 0.6 is 0 Å². The highest BCUT2D eigenvalue weighted by molar-refractivity contribution is 4.99. The summed E-state index contributed by atoms with van der Waals surface area (Å²) in [5, 5.41) is 0. The molecule has 0 aromatic heterocycles. The molecule has 0 bridgehead atoms. The molecule has 1 aliphatic rings. The van der Waals surface area contributed by atoms with E-state index in [1.165, 1.54) is 19.4 Å². The Labute approximate surface area is 94.6 Å². The van der Waals surface area contributed by atoms with Crippen LogP contribution in [0.4, 0.5) is 0 Å². The van der Waals surface area contributed by atoms with E-state index in [4.69, 9.17) is 5.73 Å². The summed E-state index contributed by atoms with van der Waals surface area (Å²) in [5.74, 6) is 0. The van der Waals surface area contributed by atoms with Gasteiger partial charge in [0.15, 0.2) is 0 Å². The molecule has 15 heavy (non-hydrogen) atoms. The van der Waals surface area contributed by atoms with Gasteiger partial charge in [0, 0.05) is 31.2 Å². The molecule has 2 N–H and O–H groups in total. The molecule has 1 saturated heterocycles. The Hall–Kier alpha value is -0.120. The van der Waals surface area contributed by atoms with Crippen LogP contribution in [0.1, 0.15) is 33.6 Å². The van der Waals surface area contributed by atoms with Crippen molar-refractivity contribution < 1.29 is 0 Å².